The van der Waals surface area contributed by atoms with Crippen LogP contribution in [-0.4, -0.2) is 39.6 Å². The number of anilines is 1. The summed E-state index contributed by atoms with van der Waals surface area (Å²) < 4.78 is 1.68. The third-order valence-corrected chi connectivity index (χ3v) is 5.42. The molecule has 0 aliphatic carbocycles. The van der Waals surface area contributed by atoms with Crippen molar-refractivity contribution in [3.63, 3.8) is 0 Å². The summed E-state index contributed by atoms with van der Waals surface area (Å²) in [4.78, 5) is 27.3. The summed E-state index contributed by atoms with van der Waals surface area (Å²) in [6.45, 7) is 6.66. The number of aromatic nitrogens is 2. The Balaban J connectivity index is 1.85. The predicted molar refractivity (Wildman–Crippen MR) is 134 cm³/mol. The van der Waals surface area contributed by atoms with Gasteiger partial charge in [0.05, 0.1) is 17.9 Å². The SMILES string of the molecule is CCCCN(CC(=O)Nc1cc(-c2ccccc2)nn1-c1ccc(Cl)cc1)C(=O)CC(C)C. The molecule has 2 amide bonds. The van der Waals surface area contributed by atoms with Crippen LogP contribution in [0.15, 0.2) is 60.7 Å². The van der Waals surface area contributed by atoms with Crippen LogP contribution in [0.2, 0.25) is 5.02 Å². The van der Waals surface area contributed by atoms with E-state index in [9.17, 15) is 9.59 Å². The van der Waals surface area contributed by atoms with Crippen molar-refractivity contribution >= 4 is 29.2 Å². The average molecular weight is 467 g/mol. The van der Waals surface area contributed by atoms with E-state index in [0.29, 0.717) is 23.8 Å². The molecule has 0 aliphatic rings. The van der Waals surface area contributed by atoms with Crippen molar-refractivity contribution in [2.75, 3.05) is 18.4 Å². The molecule has 0 bridgehead atoms. The van der Waals surface area contributed by atoms with Crippen LogP contribution in [0.3, 0.4) is 0 Å². The third kappa shape index (κ3) is 6.93. The monoisotopic (exact) mass is 466 g/mol. The maximum absolute atomic E-state index is 13.0. The molecule has 0 atom stereocenters. The van der Waals surface area contributed by atoms with Gasteiger partial charge in [-0.15, -0.1) is 0 Å². The Bertz CT molecular complexity index is 1060. The molecule has 2 aromatic carbocycles. The van der Waals surface area contributed by atoms with Crippen molar-refractivity contribution in [3.05, 3.63) is 65.7 Å². The van der Waals surface area contributed by atoms with Gasteiger partial charge in [-0.3, -0.25) is 9.59 Å². The number of nitrogens with one attached hydrogen (secondary N) is 1. The Morgan fingerprint density at radius 3 is 2.42 bits per heavy atom. The van der Waals surface area contributed by atoms with Crippen molar-refractivity contribution in [1.82, 2.24) is 14.7 Å². The van der Waals surface area contributed by atoms with Gasteiger partial charge in [0.2, 0.25) is 11.8 Å². The topological polar surface area (TPSA) is 67.2 Å². The first kappa shape index (κ1) is 24.5. The van der Waals surface area contributed by atoms with Crippen LogP contribution in [0, 0.1) is 5.92 Å². The van der Waals surface area contributed by atoms with E-state index in [1.54, 1.807) is 21.7 Å². The summed E-state index contributed by atoms with van der Waals surface area (Å²) >= 11 is 6.05. The summed E-state index contributed by atoms with van der Waals surface area (Å²) in [5.41, 5.74) is 2.45. The van der Waals surface area contributed by atoms with Crippen LogP contribution in [0.4, 0.5) is 5.82 Å². The van der Waals surface area contributed by atoms with Gasteiger partial charge < -0.3 is 10.2 Å². The minimum Gasteiger partial charge on any atom is -0.333 e. The summed E-state index contributed by atoms with van der Waals surface area (Å²) in [6.07, 6.45) is 2.24. The van der Waals surface area contributed by atoms with Crippen LogP contribution in [0.5, 0.6) is 0 Å². The Morgan fingerprint density at radius 2 is 1.79 bits per heavy atom. The lowest BCUT2D eigenvalue weighted by Crippen LogP contribution is -2.39. The molecule has 174 valence electrons. The van der Waals surface area contributed by atoms with Gasteiger partial charge in [0.15, 0.2) is 0 Å². The predicted octanol–water partition coefficient (Wildman–Crippen LogP) is 5.81. The van der Waals surface area contributed by atoms with Crippen molar-refractivity contribution < 1.29 is 9.59 Å². The highest BCUT2D eigenvalue weighted by molar-refractivity contribution is 6.30. The highest BCUT2D eigenvalue weighted by atomic mass is 35.5. The molecule has 6 nitrogen and oxygen atoms in total. The van der Waals surface area contributed by atoms with Crippen LogP contribution < -0.4 is 5.32 Å². The number of carbonyl (C=O) groups excluding carboxylic acids is 2. The van der Waals surface area contributed by atoms with E-state index in [4.69, 9.17) is 16.7 Å². The maximum atomic E-state index is 13.0. The first-order chi connectivity index (χ1) is 15.9. The fourth-order valence-electron chi connectivity index (χ4n) is 3.47. The van der Waals surface area contributed by atoms with Gasteiger partial charge >= 0.3 is 0 Å². The molecule has 3 rings (SSSR count). The molecular formula is C26H31ClN4O2. The molecular weight excluding hydrogens is 436 g/mol. The van der Waals surface area contributed by atoms with Crippen molar-refractivity contribution in [2.24, 2.45) is 5.92 Å². The molecule has 3 aromatic rings. The number of hydrogen-bond acceptors (Lipinski definition) is 3. The second-order valence-electron chi connectivity index (χ2n) is 8.48. The van der Waals surface area contributed by atoms with E-state index in [2.05, 4.69) is 12.2 Å². The molecule has 0 saturated heterocycles. The van der Waals surface area contributed by atoms with Gasteiger partial charge in [0.25, 0.3) is 0 Å². The zero-order valence-electron chi connectivity index (χ0n) is 19.4. The Hall–Kier alpha value is -3.12. The lowest BCUT2D eigenvalue weighted by atomic mass is 10.1. The second-order valence-corrected chi connectivity index (χ2v) is 8.92. The summed E-state index contributed by atoms with van der Waals surface area (Å²) in [6, 6.07) is 18.9. The van der Waals surface area contributed by atoms with Crippen LogP contribution >= 0.6 is 11.6 Å². The molecule has 0 unspecified atom stereocenters. The average Bonchev–Trinajstić information content (AvgIpc) is 3.20. The number of halogens is 1. The van der Waals surface area contributed by atoms with E-state index < -0.39 is 0 Å². The molecule has 33 heavy (non-hydrogen) atoms. The first-order valence-electron chi connectivity index (χ1n) is 11.4. The smallest absolute Gasteiger partial charge is 0.245 e. The van der Waals surface area contributed by atoms with Crippen LogP contribution in [0.25, 0.3) is 16.9 Å². The van der Waals surface area contributed by atoms with Crippen molar-refractivity contribution in [2.45, 2.75) is 40.0 Å². The number of hydrogen-bond donors (Lipinski definition) is 1. The van der Waals surface area contributed by atoms with Gasteiger partial charge in [-0.25, -0.2) is 4.68 Å². The highest BCUT2D eigenvalue weighted by Crippen LogP contribution is 2.25. The van der Waals surface area contributed by atoms with E-state index in [-0.39, 0.29) is 24.3 Å². The normalized spacial score (nSPS) is 10.9. The molecule has 0 radical (unpaired) electrons. The van der Waals surface area contributed by atoms with E-state index in [0.717, 1.165) is 29.8 Å². The zero-order chi connectivity index (χ0) is 23.8. The lowest BCUT2D eigenvalue weighted by molar-refractivity contribution is -0.135. The molecule has 0 fully saturated rings. The third-order valence-electron chi connectivity index (χ3n) is 5.17. The van der Waals surface area contributed by atoms with Crippen LogP contribution in [0.1, 0.15) is 40.0 Å². The lowest BCUT2D eigenvalue weighted by Gasteiger charge is -2.23. The highest BCUT2D eigenvalue weighted by Gasteiger charge is 2.20. The van der Waals surface area contributed by atoms with Gasteiger partial charge in [-0.2, -0.15) is 5.10 Å². The van der Waals surface area contributed by atoms with E-state index >= 15 is 0 Å². The first-order valence-corrected chi connectivity index (χ1v) is 11.7. The fourth-order valence-corrected chi connectivity index (χ4v) is 3.60. The number of unbranched alkanes of at least 4 members (excludes halogenated alkanes) is 1. The minimum absolute atomic E-state index is 0.00443. The molecule has 1 heterocycles. The molecule has 1 N–H and O–H groups in total. The number of amides is 2. The van der Waals surface area contributed by atoms with Gasteiger partial charge in [0, 0.05) is 29.6 Å². The van der Waals surface area contributed by atoms with Gasteiger partial charge in [-0.05, 0) is 36.6 Å². The number of rotatable bonds is 10. The quantitative estimate of drug-likeness (QED) is 0.410. The Labute approximate surface area is 200 Å². The molecule has 0 spiro atoms. The van der Waals surface area contributed by atoms with Crippen molar-refractivity contribution in [3.8, 4) is 16.9 Å². The molecule has 7 heteroatoms. The van der Waals surface area contributed by atoms with E-state index in [1.165, 1.54) is 0 Å². The van der Waals surface area contributed by atoms with Crippen molar-refractivity contribution in [1.29, 1.82) is 0 Å². The molecule has 0 saturated carbocycles. The fraction of sp³-hybridized carbons (Fsp3) is 0.346. The summed E-state index contributed by atoms with van der Waals surface area (Å²) in [7, 11) is 0. The molecule has 1 aromatic heterocycles. The summed E-state index contributed by atoms with van der Waals surface area (Å²) in [5.74, 6) is 0.528. The van der Waals surface area contributed by atoms with Gasteiger partial charge in [0.1, 0.15) is 5.82 Å². The molecule has 0 aliphatic heterocycles. The number of nitrogens with zero attached hydrogens (tertiary/aromatic N) is 3. The van der Waals surface area contributed by atoms with E-state index in [1.807, 2.05) is 62.4 Å². The minimum atomic E-state index is -0.252. The Morgan fingerprint density at radius 1 is 1.09 bits per heavy atom. The second kappa shape index (κ2) is 11.7. The van der Waals surface area contributed by atoms with Gasteiger partial charge in [-0.1, -0.05) is 69.1 Å². The number of carbonyl (C=O) groups is 2. The Kier molecular flexibility index (Phi) is 8.66. The largest absolute Gasteiger partial charge is 0.333 e. The maximum Gasteiger partial charge on any atom is 0.245 e. The van der Waals surface area contributed by atoms with Crippen LogP contribution in [-0.2, 0) is 9.59 Å². The summed E-state index contributed by atoms with van der Waals surface area (Å²) in [5, 5.41) is 8.30. The zero-order valence-corrected chi connectivity index (χ0v) is 20.2. The standard InChI is InChI=1S/C26H31ClN4O2/c1-4-5-15-30(26(33)16-19(2)3)18-25(32)28-24-17-23(20-9-7-6-8-10-20)29-31(24)22-13-11-21(27)12-14-22/h6-14,17,19H,4-5,15-16,18H2,1-3H3,(H,28,32). The number of benzene rings is 2.